The number of hydrogen-bond donors (Lipinski definition) is 3. The molecule has 1 saturated heterocycles. The van der Waals surface area contributed by atoms with Crippen LogP contribution >= 0.6 is 7.75 Å². The van der Waals surface area contributed by atoms with Gasteiger partial charge in [-0.2, -0.15) is 5.09 Å². The number of fused-ring (bicyclic) bond motifs is 1. The summed E-state index contributed by atoms with van der Waals surface area (Å²) in [5.74, 6) is -0.0792. The van der Waals surface area contributed by atoms with E-state index in [2.05, 4.69) is 32.3 Å². The normalized spacial score (nSPS) is 25.4. The Morgan fingerprint density at radius 1 is 1.28 bits per heavy atom. The van der Waals surface area contributed by atoms with Crippen molar-refractivity contribution in [2.24, 2.45) is 0 Å². The van der Waals surface area contributed by atoms with Gasteiger partial charge in [-0.3, -0.25) is 13.9 Å². The average molecular weight is 566 g/mol. The van der Waals surface area contributed by atoms with E-state index < -0.39 is 56.6 Å². The molecule has 4 rings (SSSR count). The summed E-state index contributed by atoms with van der Waals surface area (Å²) in [5, 5.41) is 16.2. The van der Waals surface area contributed by atoms with Gasteiger partial charge in [0.15, 0.2) is 23.4 Å². The highest BCUT2D eigenvalue weighted by atomic mass is 31.2. The molecule has 0 spiro atoms. The molecule has 0 amide bonds. The Morgan fingerprint density at radius 2 is 2.00 bits per heavy atom. The molecule has 0 unspecified atom stereocenters. The SMILES string of the molecule is [CH2][C@@]1(F)[C@H](O)[C@@H](CO[P@](=O)(N[C@@H](C)C(=O)OC(C)C)Oc2ccccc2)O[C@H]1n1cnc2c(NC)ncnc21. The minimum Gasteiger partial charge on any atom is -0.462 e. The summed E-state index contributed by atoms with van der Waals surface area (Å²) in [7, 11) is -2.63. The number of hydrogen-bond acceptors (Lipinski definition) is 11. The van der Waals surface area contributed by atoms with Crippen LogP contribution in [0.3, 0.4) is 0 Å². The van der Waals surface area contributed by atoms with Crippen LogP contribution in [0.2, 0.25) is 0 Å². The third-order valence-corrected chi connectivity index (χ3v) is 7.48. The second-order valence-corrected chi connectivity index (χ2v) is 10.9. The number of carbonyl (C=O) groups excluding carboxylic acids is 1. The topological polar surface area (TPSA) is 159 Å². The molecule has 3 heterocycles. The number of halogens is 1. The molecule has 1 aliphatic heterocycles. The number of ether oxygens (including phenoxy) is 2. The number of nitrogens with zero attached hydrogens (tertiary/aromatic N) is 4. The number of aromatic nitrogens is 4. The number of imidazole rings is 1. The molecular weight excluding hydrogens is 534 g/mol. The average Bonchev–Trinajstić information content (AvgIpc) is 3.41. The number of anilines is 1. The van der Waals surface area contributed by atoms with Crippen molar-refractivity contribution in [3.63, 3.8) is 0 Å². The van der Waals surface area contributed by atoms with E-state index in [9.17, 15) is 14.5 Å². The maximum Gasteiger partial charge on any atom is 0.459 e. The molecule has 13 nitrogen and oxygen atoms in total. The largest absolute Gasteiger partial charge is 0.462 e. The Labute approximate surface area is 224 Å². The van der Waals surface area contributed by atoms with E-state index in [0.717, 1.165) is 0 Å². The monoisotopic (exact) mass is 565 g/mol. The van der Waals surface area contributed by atoms with Crippen molar-refractivity contribution >= 4 is 30.7 Å². The smallest absolute Gasteiger partial charge is 0.459 e. The van der Waals surface area contributed by atoms with Crippen LogP contribution in [0.5, 0.6) is 5.75 Å². The van der Waals surface area contributed by atoms with Gasteiger partial charge >= 0.3 is 13.7 Å². The van der Waals surface area contributed by atoms with E-state index in [1.165, 1.54) is 24.1 Å². The Morgan fingerprint density at radius 3 is 2.67 bits per heavy atom. The van der Waals surface area contributed by atoms with Crippen molar-refractivity contribution in [3.8, 4) is 5.75 Å². The van der Waals surface area contributed by atoms with Crippen LogP contribution in [-0.4, -0.2) is 74.3 Å². The minimum absolute atomic E-state index is 0.186. The predicted octanol–water partition coefficient (Wildman–Crippen LogP) is 2.80. The molecule has 39 heavy (non-hydrogen) atoms. The van der Waals surface area contributed by atoms with Crippen LogP contribution in [0.1, 0.15) is 27.0 Å². The lowest BCUT2D eigenvalue weighted by atomic mass is 9.98. The number of aliphatic hydroxyl groups excluding tert-OH is 1. The van der Waals surface area contributed by atoms with Gasteiger partial charge in [-0.25, -0.2) is 23.9 Å². The maximum absolute atomic E-state index is 15.8. The van der Waals surface area contributed by atoms with Crippen LogP contribution in [0, 0.1) is 6.92 Å². The summed E-state index contributed by atoms with van der Waals surface area (Å²) >= 11 is 0. The zero-order valence-electron chi connectivity index (χ0n) is 21.9. The van der Waals surface area contributed by atoms with Crippen LogP contribution in [0.4, 0.5) is 10.2 Å². The van der Waals surface area contributed by atoms with Crippen LogP contribution in [-0.2, 0) is 23.4 Å². The minimum atomic E-state index is -4.28. The summed E-state index contributed by atoms with van der Waals surface area (Å²) < 4.78 is 52.9. The van der Waals surface area contributed by atoms with Crippen molar-refractivity contribution in [2.75, 3.05) is 19.0 Å². The second kappa shape index (κ2) is 11.5. The van der Waals surface area contributed by atoms with Gasteiger partial charge in [-0.1, -0.05) is 18.2 Å². The zero-order chi connectivity index (χ0) is 28.4. The Balaban J connectivity index is 1.54. The Bertz CT molecular complexity index is 1340. The fourth-order valence-corrected chi connectivity index (χ4v) is 5.45. The maximum atomic E-state index is 15.8. The van der Waals surface area contributed by atoms with Crippen LogP contribution in [0.25, 0.3) is 11.2 Å². The van der Waals surface area contributed by atoms with Gasteiger partial charge in [0, 0.05) is 7.05 Å². The lowest BCUT2D eigenvalue weighted by Crippen LogP contribution is -2.41. The number of rotatable bonds is 11. The van der Waals surface area contributed by atoms with Gasteiger partial charge < -0.3 is 24.4 Å². The van der Waals surface area contributed by atoms with Crippen LogP contribution < -0.4 is 14.9 Å². The lowest BCUT2D eigenvalue weighted by molar-refractivity contribution is -0.149. The van der Waals surface area contributed by atoms with Crippen molar-refractivity contribution in [1.82, 2.24) is 24.6 Å². The van der Waals surface area contributed by atoms with Gasteiger partial charge in [0.2, 0.25) is 0 Å². The van der Waals surface area contributed by atoms with Crippen molar-refractivity contribution < 1.29 is 37.4 Å². The summed E-state index contributed by atoms with van der Waals surface area (Å²) in [6, 6.07) is 7.04. The zero-order valence-corrected chi connectivity index (χ0v) is 22.7. The Hall–Kier alpha value is -3.16. The first-order chi connectivity index (χ1) is 18.4. The fraction of sp³-hybridized carbons (Fsp3) is 0.458. The summed E-state index contributed by atoms with van der Waals surface area (Å²) in [6.07, 6.45) is -2.40. The number of carbonyl (C=O) groups is 1. The first kappa shape index (κ1) is 28.8. The van der Waals surface area contributed by atoms with E-state index in [1.54, 1.807) is 51.2 Å². The van der Waals surface area contributed by atoms with E-state index in [4.69, 9.17) is 18.5 Å². The van der Waals surface area contributed by atoms with Gasteiger partial charge in [0.25, 0.3) is 0 Å². The predicted molar refractivity (Wildman–Crippen MR) is 138 cm³/mol. The summed E-state index contributed by atoms with van der Waals surface area (Å²) in [4.78, 5) is 24.8. The molecule has 6 atom stereocenters. The fourth-order valence-electron chi connectivity index (χ4n) is 3.95. The first-order valence-corrected chi connectivity index (χ1v) is 13.7. The third-order valence-electron chi connectivity index (χ3n) is 5.84. The highest BCUT2D eigenvalue weighted by Crippen LogP contribution is 2.48. The summed E-state index contributed by atoms with van der Waals surface area (Å²) in [5.41, 5.74) is -1.95. The molecule has 211 valence electrons. The number of benzene rings is 1. The summed E-state index contributed by atoms with van der Waals surface area (Å²) in [6.45, 7) is 7.72. The molecule has 2 aromatic heterocycles. The number of para-hydroxylation sites is 1. The molecule has 0 saturated carbocycles. The van der Waals surface area contributed by atoms with Crippen molar-refractivity contribution in [2.45, 2.75) is 57.0 Å². The van der Waals surface area contributed by atoms with Crippen LogP contribution in [0.15, 0.2) is 43.0 Å². The highest BCUT2D eigenvalue weighted by molar-refractivity contribution is 7.52. The van der Waals surface area contributed by atoms with E-state index in [-0.39, 0.29) is 11.4 Å². The van der Waals surface area contributed by atoms with Gasteiger partial charge in [0.1, 0.15) is 35.8 Å². The number of alkyl halides is 1. The molecule has 0 bridgehead atoms. The lowest BCUT2D eigenvalue weighted by Gasteiger charge is -2.25. The molecule has 3 aromatic rings. The standard InChI is InChI=1S/C24H31FN6O7P/c1-14(2)36-22(33)15(3)30-39(34,38-16-9-7-6-8-10-16)35-11-17-19(32)24(4,25)23(37-17)31-13-29-18-20(26-5)27-12-28-21(18)31/h6-10,12-15,17,19,23,32H,4,11H2,1-3,5H3,(H,30,34)(H,26,27,28)/t15-,17+,19+,23+,24+,39+/m0/s1. The molecule has 1 aromatic carbocycles. The first-order valence-electron chi connectivity index (χ1n) is 12.2. The number of esters is 1. The molecule has 0 aliphatic carbocycles. The molecule has 15 heteroatoms. The van der Waals surface area contributed by atoms with Gasteiger partial charge in [-0.15, -0.1) is 0 Å². The van der Waals surface area contributed by atoms with Crippen molar-refractivity contribution in [3.05, 3.63) is 49.9 Å². The van der Waals surface area contributed by atoms with E-state index in [1.807, 2.05) is 0 Å². The van der Waals surface area contributed by atoms with Crippen molar-refractivity contribution in [1.29, 1.82) is 0 Å². The van der Waals surface area contributed by atoms with E-state index in [0.29, 0.717) is 11.3 Å². The quantitative estimate of drug-likeness (QED) is 0.231. The molecule has 1 radical (unpaired) electrons. The molecule has 3 N–H and O–H groups in total. The van der Waals surface area contributed by atoms with Gasteiger partial charge in [-0.05, 0) is 39.8 Å². The molecular formula is C24H31FN6O7P. The third kappa shape index (κ3) is 6.20. The van der Waals surface area contributed by atoms with Gasteiger partial charge in [0.05, 0.1) is 19.0 Å². The molecule has 1 aliphatic rings. The Kier molecular flexibility index (Phi) is 8.52. The second-order valence-electron chi connectivity index (χ2n) is 9.23. The highest BCUT2D eigenvalue weighted by Gasteiger charge is 2.56. The molecule has 1 fully saturated rings. The number of nitrogens with one attached hydrogen (secondary N) is 2. The number of aliphatic hydroxyl groups is 1. The van der Waals surface area contributed by atoms with E-state index >= 15 is 4.39 Å².